The second-order valence-electron chi connectivity index (χ2n) is 4.90. The van der Waals surface area contributed by atoms with Gasteiger partial charge in [0.25, 0.3) is 0 Å². The van der Waals surface area contributed by atoms with Crippen molar-refractivity contribution in [3.8, 4) is 11.5 Å². The Hall–Kier alpha value is -1.75. The van der Waals surface area contributed by atoms with E-state index in [9.17, 15) is 4.79 Å². The minimum atomic E-state index is -0.127. The summed E-state index contributed by atoms with van der Waals surface area (Å²) in [7, 11) is 0. The number of hydrogen-bond donors (Lipinski definition) is 2. The molecule has 5 nitrogen and oxygen atoms in total. The summed E-state index contributed by atoms with van der Waals surface area (Å²) in [5, 5.41) is 2.88. The van der Waals surface area contributed by atoms with Gasteiger partial charge < -0.3 is 20.5 Å². The predicted molar refractivity (Wildman–Crippen MR) is 76.9 cm³/mol. The summed E-state index contributed by atoms with van der Waals surface area (Å²) < 4.78 is 11.4. The van der Waals surface area contributed by atoms with Crippen LogP contribution in [0.15, 0.2) is 24.3 Å². The third-order valence-corrected chi connectivity index (χ3v) is 3.20. The van der Waals surface area contributed by atoms with Gasteiger partial charge in [-0.15, -0.1) is 0 Å². The molecule has 0 aliphatic carbocycles. The quantitative estimate of drug-likeness (QED) is 0.741. The van der Waals surface area contributed by atoms with Crippen LogP contribution in [0.2, 0.25) is 0 Å². The van der Waals surface area contributed by atoms with Gasteiger partial charge in [0.1, 0.15) is 12.7 Å². The molecule has 0 saturated carbocycles. The van der Waals surface area contributed by atoms with Crippen LogP contribution in [0.4, 0.5) is 0 Å². The van der Waals surface area contributed by atoms with E-state index < -0.39 is 0 Å². The van der Waals surface area contributed by atoms with Gasteiger partial charge in [-0.2, -0.15) is 0 Å². The monoisotopic (exact) mass is 278 g/mol. The van der Waals surface area contributed by atoms with Gasteiger partial charge >= 0.3 is 0 Å². The molecule has 0 fully saturated rings. The Balaban J connectivity index is 1.67. The lowest BCUT2D eigenvalue weighted by molar-refractivity contribution is -0.121. The van der Waals surface area contributed by atoms with Gasteiger partial charge in [0.2, 0.25) is 5.91 Å². The number of amides is 1. The molecular weight excluding hydrogens is 256 g/mol. The van der Waals surface area contributed by atoms with Crippen molar-refractivity contribution in [1.82, 2.24) is 5.32 Å². The third-order valence-electron chi connectivity index (χ3n) is 3.20. The van der Waals surface area contributed by atoms with Crippen LogP contribution in [0.3, 0.4) is 0 Å². The summed E-state index contributed by atoms with van der Waals surface area (Å²) in [5.74, 6) is 1.56. The SMILES string of the molecule is NCCCCCC(=O)NCC1COc2ccccc2O1. The Kier molecular flexibility index (Phi) is 5.68. The number of carbonyl (C=O) groups is 1. The van der Waals surface area contributed by atoms with Crippen LogP contribution in [-0.2, 0) is 4.79 Å². The zero-order valence-corrected chi connectivity index (χ0v) is 11.6. The summed E-state index contributed by atoms with van der Waals surface area (Å²) in [6.45, 7) is 1.63. The van der Waals surface area contributed by atoms with Crippen molar-refractivity contribution >= 4 is 5.91 Å². The van der Waals surface area contributed by atoms with Crippen LogP contribution in [0.25, 0.3) is 0 Å². The van der Waals surface area contributed by atoms with Crippen molar-refractivity contribution in [3.63, 3.8) is 0 Å². The molecule has 1 aromatic carbocycles. The molecule has 1 amide bonds. The fourth-order valence-electron chi connectivity index (χ4n) is 2.09. The summed E-state index contributed by atoms with van der Waals surface area (Å²) >= 11 is 0. The lowest BCUT2D eigenvalue weighted by Gasteiger charge is -2.26. The van der Waals surface area contributed by atoms with Crippen LogP contribution in [0.1, 0.15) is 25.7 Å². The van der Waals surface area contributed by atoms with E-state index in [2.05, 4.69) is 5.32 Å². The maximum absolute atomic E-state index is 11.7. The second-order valence-corrected chi connectivity index (χ2v) is 4.90. The molecule has 2 rings (SSSR count). The smallest absolute Gasteiger partial charge is 0.220 e. The van der Waals surface area contributed by atoms with Crippen LogP contribution in [-0.4, -0.2) is 31.7 Å². The molecule has 0 spiro atoms. The predicted octanol–water partition coefficient (Wildman–Crippen LogP) is 1.46. The zero-order valence-electron chi connectivity index (χ0n) is 11.6. The molecule has 0 aromatic heterocycles. The molecule has 20 heavy (non-hydrogen) atoms. The van der Waals surface area contributed by atoms with Crippen LogP contribution >= 0.6 is 0 Å². The number of fused-ring (bicyclic) bond motifs is 1. The standard InChI is InChI=1S/C15H22N2O3/c16-9-5-1-2-8-15(18)17-10-12-11-19-13-6-3-4-7-14(13)20-12/h3-4,6-7,12H,1-2,5,8-11,16H2,(H,17,18). The number of rotatable bonds is 7. The molecule has 1 aliphatic heterocycles. The maximum Gasteiger partial charge on any atom is 0.220 e. The molecule has 1 aliphatic rings. The highest BCUT2D eigenvalue weighted by atomic mass is 16.6. The van der Waals surface area contributed by atoms with E-state index in [1.807, 2.05) is 24.3 Å². The van der Waals surface area contributed by atoms with Gasteiger partial charge in [-0.05, 0) is 31.5 Å². The van der Waals surface area contributed by atoms with E-state index in [1.165, 1.54) is 0 Å². The largest absolute Gasteiger partial charge is 0.486 e. The second kappa shape index (κ2) is 7.75. The molecule has 1 atom stereocenters. The number of para-hydroxylation sites is 2. The molecule has 0 radical (unpaired) electrons. The van der Waals surface area contributed by atoms with Crippen molar-refractivity contribution in [2.24, 2.45) is 5.73 Å². The van der Waals surface area contributed by atoms with E-state index in [1.54, 1.807) is 0 Å². The zero-order chi connectivity index (χ0) is 14.2. The Morgan fingerprint density at radius 1 is 1.25 bits per heavy atom. The number of ether oxygens (including phenoxy) is 2. The van der Waals surface area contributed by atoms with Crippen LogP contribution < -0.4 is 20.5 Å². The van der Waals surface area contributed by atoms with E-state index in [-0.39, 0.29) is 12.0 Å². The average molecular weight is 278 g/mol. The first-order valence-electron chi connectivity index (χ1n) is 7.15. The number of nitrogens with one attached hydrogen (secondary N) is 1. The molecule has 1 aromatic rings. The number of carbonyl (C=O) groups excluding carboxylic acids is 1. The number of nitrogens with two attached hydrogens (primary N) is 1. The summed E-state index contributed by atoms with van der Waals surface area (Å²) in [6.07, 6.45) is 3.28. The van der Waals surface area contributed by atoms with Gasteiger partial charge in [-0.1, -0.05) is 18.6 Å². The van der Waals surface area contributed by atoms with Crippen molar-refractivity contribution in [2.75, 3.05) is 19.7 Å². The summed E-state index contributed by atoms with van der Waals surface area (Å²) in [5.41, 5.74) is 5.41. The van der Waals surface area contributed by atoms with Crippen molar-refractivity contribution in [2.45, 2.75) is 31.8 Å². The van der Waals surface area contributed by atoms with E-state index in [0.29, 0.717) is 26.1 Å². The van der Waals surface area contributed by atoms with Crippen LogP contribution in [0.5, 0.6) is 11.5 Å². The van der Waals surface area contributed by atoms with Crippen LogP contribution in [0, 0.1) is 0 Å². The molecule has 3 N–H and O–H groups in total. The first-order valence-corrected chi connectivity index (χ1v) is 7.15. The van der Waals surface area contributed by atoms with Gasteiger partial charge in [0, 0.05) is 6.42 Å². The number of hydrogen-bond acceptors (Lipinski definition) is 4. The fraction of sp³-hybridized carbons (Fsp3) is 0.533. The minimum Gasteiger partial charge on any atom is -0.486 e. The normalized spacial score (nSPS) is 16.8. The molecule has 0 saturated heterocycles. The first-order chi connectivity index (χ1) is 9.79. The number of unbranched alkanes of at least 4 members (excludes halogenated alkanes) is 2. The molecule has 110 valence electrons. The van der Waals surface area contributed by atoms with Gasteiger partial charge in [-0.3, -0.25) is 4.79 Å². The topological polar surface area (TPSA) is 73.6 Å². The molecule has 0 bridgehead atoms. The molecular formula is C15H22N2O3. The fourth-order valence-corrected chi connectivity index (χ4v) is 2.09. The highest BCUT2D eigenvalue weighted by Gasteiger charge is 2.20. The van der Waals surface area contributed by atoms with Gasteiger partial charge in [0.05, 0.1) is 6.54 Å². The Morgan fingerprint density at radius 3 is 2.85 bits per heavy atom. The minimum absolute atomic E-state index is 0.0597. The van der Waals surface area contributed by atoms with Crippen molar-refractivity contribution in [1.29, 1.82) is 0 Å². The van der Waals surface area contributed by atoms with E-state index >= 15 is 0 Å². The maximum atomic E-state index is 11.7. The van der Waals surface area contributed by atoms with Crippen molar-refractivity contribution < 1.29 is 14.3 Å². The first kappa shape index (κ1) is 14.7. The molecule has 5 heteroatoms. The molecule has 1 unspecified atom stereocenters. The summed E-state index contributed by atoms with van der Waals surface area (Å²) in [6, 6.07) is 7.56. The summed E-state index contributed by atoms with van der Waals surface area (Å²) in [4.78, 5) is 11.7. The van der Waals surface area contributed by atoms with Gasteiger partial charge in [-0.25, -0.2) is 0 Å². The van der Waals surface area contributed by atoms with E-state index in [4.69, 9.17) is 15.2 Å². The Bertz CT molecular complexity index is 437. The third kappa shape index (κ3) is 4.42. The average Bonchev–Trinajstić information content (AvgIpc) is 2.49. The highest BCUT2D eigenvalue weighted by Crippen LogP contribution is 2.30. The Labute approximate surface area is 119 Å². The Morgan fingerprint density at radius 2 is 2.05 bits per heavy atom. The lowest BCUT2D eigenvalue weighted by atomic mass is 10.2. The molecule has 1 heterocycles. The van der Waals surface area contributed by atoms with E-state index in [0.717, 1.165) is 30.8 Å². The lowest BCUT2D eigenvalue weighted by Crippen LogP contribution is -2.40. The highest BCUT2D eigenvalue weighted by molar-refractivity contribution is 5.75. The van der Waals surface area contributed by atoms with Crippen molar-refractivity contribution in [3.05, 3.63) is 24.3 Å². The number of benzene rings is 1. The van der Waals surface area contributed by atoms with Gasteiger partial charge in [0.15, 0.2) is 11.5 Å².